The number of ether oxygens (including phenoxy) is 1. The molecule has 1 fully saturated rings. The van der Waals surface area contributed by atoms with E-state index in [4.69, 9.17) is 16.3 Å². The van der Waals surface area contributed by atoms with E-state index in [1.807, 2.05) is 48.2 Å². The van der Waals surface area contributed by atoms with Crippen LogP contribution in [0.25, 0.3) is 11.1 Å². The van der Waals surface area contributed by atoms with Crippen LogP contribution in [0.3, 0.4) is 0 Å². The Morgan fingerprint density at radius 3 is 2.75 bits per heavy atom. The Labute approximate surface area is 172 Å². The molecule has 1 atom stereocenters. The molecule has 1 heterocycles. The van der Waals surface area contributed by atoms with Gasteiger partial charge in [-0.25, -0.2) is 0 Å². The van der Waals surface area contributed by atoms with E-state index in [2.05, 4.69) is 18.2 Å². The minimum absolute atomic E-state index is 0.00560. The van der Waals surface area contributed by atoms with Crippen LogP contribution < -0.4 is 4.74 Å². The third-order valence-corrected chi connectivity index (χ3v) is 5.62. The number of hydrogen-bond donors (Lipinski definition) is 0. The second kappa shape index (κ2) is 9.11. The molecule has 4 heteroatoms. The fraction of sp³-hybridized carbons (Fsp3) is 0.292. The van der Waals surface area contributed by atoms with Crippen LogP contribution in [0.1, 0.15) is 38.3 Å². The Balaban J connectivity index is 1.99. The van der Waals surface area contributed by atoms with Crippen LogP contribution in [0.5, 0.6) is 5.75 Å². The van der Waals surface area contributed by atoms with Crippen molar-refractivity contribution in [2.75, 3.05) is 13.7 Å². The Kier molecular flexibility index (Phi) is 6.58. The normalized spacial score (nSPS) is 17.7. The number of carbonyl (C=O) groups is 1. The zero-order chi connectivity index (χ0) is 20.1. The van der Waals surface area contributed by atoms with Gasteiger partial charge in [0, 0.05) is 17.2 Å². The fourth-order valence-electron chi connectivity index (χ4n) is 3.76. The van der Waals surface area contributed by atoms with Crippen LogP contribution >= 0.6 is 11.6 Å². The molecule has 1 aliphatic heterocycles. The van der Waals surface area contributed by atoms with Gasteiger partial charge < -0.3 is 9.64 Å². The molecule has 0 unspecified atom stereocenters. The number of amides is 1. The summed E-state index contributed by atoms with van der Waals surface area (Å²) in [6, 6.07) is 16.4. The first-order valence-electron chi connectivity index (χ1n) is 9.60. The lowest BCUT2D eigenvalue weighted by atomic mass is 9.93. The highest BCUT2D eigenvalue weighted by molar-refractivity contribution is 6.33. The quantitative estimate of drug-likeness (QED) is 0.451. The SMILES string of the molecule is C/C=C\C(Cl)=C(/C)C(=O)N1CCC[C@H]1c1ccccc1-c1cccc(OC)c1. The van der Waals surface area contributed by atoms with Gasteiger partial charge in [0.2, 0.25) is 0 Å². The molecule has 0 aliphatic carbocycles. The maximum atomic E-state index is 13.1. The van der Waals surface area contributed by atoms with Crippen molar-refractivity contribution in [1.29, 1.82) is 0 Å². The van der Waals surface area contributed by atoms with Gasteiger partial charge in [-0.05, 0) is 61.6 Å². The molecule has 0 saturated carbocycles. The van der Waals surface area contributed by atoms with Crippen LogP contribution in [0.2, 0.25) is 0 Å². The van der Waals surface area contributed by atoms with Gasteiger partial charge in [-0.3, -0.25) is 4.79 Å². The predicted octanol–water partition coefficient (Wildman–Crippen LogP) is 6.11. The van der Waals surface area contributed by atoms with Crippen molar-refractivity contribution >= 4 is 17.5 Å². The molecule has 0 radical (unpaired) electrons. The number of nitrogens with zero attached hydrogens (tertiary/aromatic N) is 1. The first-order valence-corrected chi connectivity index (χ1v) is 9.98. The van der Waals surface area contributed by atoms with Gasteiger partial charge >= 0.3 is 0 Å². The molecule has 28 heavy (non-hydrogen) atoms. The van der Waals surface area contributed by atoms with E-state index in [1.54, 1.807) is 20.1 Å². The standard InChI is InChI=1S/C24H26ClNO2/c1-4-9-22(25)17(2)24(27)26-15-8-14-23(26)21-13-6-5-12-20(21)18-10-7-11-19(16-18)28-3/h4-7,9-13,16,23H,8,14-15H2,1-3H3/b9-4-,22-17-/t23-/m0/s1. The lowest BCUT2D eigenvalue weighted by Gasteiger charge is -2.27. The van der Waals surface area contributed by atoms with E-state index in [9.17, 15) is 4.79 Å². The minimum atomic E-state index is 0.00560. The number of hydrogen-bond acceptors (Lipinski definition) is 2. The number of allylic oxidation sites excluding steroid dienone is 3. The van der Waals surface area contributed by atoms with Crippen LogP contribution in [0, 0.1) is 0 Å². The molecular weight excluding hydrogens is 370 g/mol. The maximum Gasteiger partial charge on any atom is 0.251 e. The van der Waals surface area contributed by atoms with Gasteiger partial charge in [0.15, 0.2) is 0 Å². The summed E-state index contributed by atoms with van der Waals surface area (Å²) < 4.78 is 5.39. The number of benzene rings is 2. The van der Waals surface area contributed by atoms with Crippen molar-refractivity contribution in [3.8, 4) is 16.9 Å². The zero-order valence-corrected chi connectivity index (χ0v) is 17.4. The first-order chi connectivity index (χ1) is 13.6. The molecule has 0 N–H and O–H groups in total. The van der Waals surface area contributed by atoms with Gasteiger partial charge in [0.05, 0.1) is 13.2 Å². The van der Waals surface area contributed by atoms with Crippen LogP contribution in [0.15, 0.2) is 71.3 Å². The van der Waals surface area contributed by atoms with Gasteiger partial charge in [-0.2, -0.15) is 0 Å². The molecule has 1 amide bonds. The van der Waals surface area contributed by atoms with E-state index in [0.717, 1.165) is 41.8 Å². The van der Waals surface area contributed by atoms with E-state index in [1.165, 1.54) is 0 Å². The average Bonchev–Trinajstić information content (AvgIpc) is 3.22. The number of halogens is 1. The van der Waals surface area contributed by atoms with Crippen molar-refractivity contribution < 1.29 is 9.53 Å². The van der Waals surface area contributed by atoms with Crippen LogP contribution in [-0.2, 0) is 4.79 Å². The highest BCUT2D eigenvalue weighted by Crippen LogP contribution is 2.39. The summed E-state index contributed by atoms with van der Waals surface area (Å²) in [4.78, 5) is 15.1. The number of carbonyl (C=O) groups excluding carboxylic acids is 1. The molecule has 1 aliphatic rings. The Morgan fingerprint density at radius 1 is 1.21 bits per heavy atom. The smallest absolute Gasteiger partial charge is 0.251 e. The van der Waals surface area contributed by atoms with Crippen molar-refractivity contribution in [3.63, 3.8) is 0 Å². The van der Waals surface area contributed by atoms with Gasteiger partial charge in [-0.15, -0.1) is 0 Å². The second-order valence-electron chi connectivity index (χ2n) is 6.95. The Hall–Kier alpha value is -2.52. The molecule has 3 rings (SSSR count). The molecular formula is C24H26ClNO2. The molecule has 146 valence electrons. The fourth-order valence-corrected chi connectivity index (χ4v) is 3.97. The summed E-state index contributed by atoms with van der Waals surface area (Å²) in [5.41, 5.74) is 3.97. The first kappa shape index (κ1) is 20.2. The number of methoxy groups -OCH3 is 1. The van der Waals surface area contributed by atoms with E-state index in [0.29, 0.717) is 10.6 Å². The molecule has 1 saturated heterocycles. The minimum Gasteiger partial charge on any atom is -0.497 e. The second-order valence-corrected chi connectivity index (χ2v) is 7.36. The van der Waals surface area contributed by atoms with Crippen molar-refractivity contribution in [2.24, 2.45) is 0 Å². The van der Waals surface area contributed by atoms with Crippen molar-refractivity contribution in [1.82, 2.24) is 4.90 Å². The summed E-state index contributed by atoms with van der Waals surface area (Å²) in [6.45, 7) is 4.43. The summed E-state index contributed by atoms with van der Waals surface area (Å²) in [6.07, 6.45) is 5.54. The van der Waals surface area contributed by atoms with E-state index in [-0.39, 0.29) is 11.9 Å². The van der Waals surface area contributed by atoms with Crippen molar-refractivity contribution in [3.05, 3.63) is 76.9 Å². The number of likely N-dealkylation sites (tertiary alicyclic amines) is 1. The molecule has 2 aromatic rings. The maximum absolute atomic E-state index is 13.1. The molecule has 0 bridgehead atoms. The summed E-state index contributed by atoms with van der Waals surface area (Å²) in [7, 11) is 1.67. The highest BCUT2D eigenvalue weighted by atomic mass is 35.5. The van der Waals surface area contributed by atoms with Gasteiger partial charge in [0.1, 0.15) is 5.75 Å². The van der Waals surface area contributed by atoms with Gasteiger partial charge in [0.25, 0.3) is 5.91 Å². The monoisotopic (exact) mass is 395 g/mol. The topological polar surface area (TPSA) is 29.5 Å². The molecule has 0 spiro atoms. The number of rotatable bonds is 5. The lowest BCUT2D eigenvalue weighted by Crippen LogP contribution is -2.31. The zero-order valence-electron chi connectivity index (χ0n) is 16.6. The third-order valence-electron chi connectivity index (χ3n) is 5.21. The van der Waals surface area contributed by atoms with E-state index >= 15 is 0 Å². The predicted molar refractivity (Wildman–Crippen MR) is 115 cm³/mol. The van der Waals surface area contributed by atoms with Crippen molar-refractivity contribution in [2.45, 2.75) is 32.7 Å². The van der Waals surface area contributed by atoms with E-state index < -0.39 is 0 Å². The molecule has 3 nitrogen and oxygen atoms in total. The Bertz CT molecular complexity index is 916. The summed E-state index contributed by atoms with van der Waals surface area (Å²) >= 11 is 6.29. The summed E-state index contributed by atoms with van der Waals surface area (Å²) in [5, 5.41) is 0.499. The molecule has 2 aromatic carbocycles. The largest absolute Gasteiger partial charge is 0.497 e. The van der Waals surface area contributed by atoms with Crippen LogP contribution in [-0.4, -0.2) is 24.5 Å². The molecule has 0 aromatic heterocycles. The summed E-state index contributed by atoms with van der Waals surface area (Å²) in [5.74, 6) is 0.828. The lowest BCUT2D eigenvalue weighted by molar-refractivity contribution is -0.128. The average molecular weight is 396 g/mol. The van der Waals surface area contributed by atoms with Crippen LogP contribution in [0.4, 0.5) is 0 Å². The highest BCUT2D eigenvalue weighted by Gasteiger charge is 2.32. The van der Waals surface area contributed by atoms with Gasteiger partial charge in [-0.1, -0.05) is 54.1 Å². The Morgan fingerprint density at radius 2 is 2.00 bits per heavy atom. The third kappa shape index (κ3) is 4.15.